The molecule has 0 saturated heterocycles. The van der Waals surface area contributed by atoms with Gasteiger partial charge in [-0.15, -0.1) is 0 Å². The van der Waals surface area contributed by atoms with E-state index in [4.69, 9.17) is 0 Å². The average Bonchev–Trinajstić information content (AvgIpc) is 2.72. The predicted molar refractivity (Wildman–Crippen MR) is 86.5 cm³/mol. The second-order valence-electron chi connectivity index (χ2n) is 7.29. The Labute approximate surface area is 123 Å². The first-order chi connectivity index (χ1) is 9.53. The van der Waals surface area contributed by atoms with Crippen LogP contribution in [0.15, 0.2) is 18.2 Å². The summed E-state index contributed by atoms with van der Waals surface area (Å²) in [6.07, 6.45) is 5.17. The first-order valence-electron chi connectivity index (χ1n) is 8.06. The minimum atomic E-state index is 0.404. The lowest BCUT2D eigenvalue weighted by atomic mass is 9.86. The van der Waals surface area contributed by atoms with Crippen LogP contribution in [0.25, 0.3) is 0 Å². The standard InChI is InChI=1S/C18H28N2/c1-13-7-8-15-14(12-13)6-5-11-20(15)16-9-10-18(2,3)17(16)19-4/h7-8,12,16-17,19H,5-6,9-11H2,1-4H3. The average molecular weight is 272 g/mol. The van der Waals surface area contributed by atoms with Gasteiger partial charge >= 0.3 is 0 Å². The molecule has 2 unspecified atom stereocenters. The Morgan fingerprint density at radius 1 is 1.30 bits per heavy atom. The Bertz CT molecular complexity index is 492. The molecule has 2 heteroatoms. The van der Waals surface area contributed by atoms with Crippen LogP contribution < -0.4 is 10.2 Å². The summed E-state index contributed by atoms with van der Waals surface area (Å²) in [5, 5.41) is 3.60. The molecule has 0 aromatic heterocycles. The Morgan fingerprint density at radius 2 is 2.10 bits per heavy atom. The van der Waals surface area contributed by atoms with E-state index in [1.54, 1.807) is 5.56 Å². The van der Waals surface area contributed by atoms with E-state index in [0.717, 1.165) is 0 Å². The molecule has 3 rings (SSSR count). The number of benzene rings is 1. The Balaban J connectivity index is 1.93. The zero-order valence-electron chi connectivity index (χ0n) is 13.4. The number of hydrogen-bond acceptors (Lipinski definition) is 2. The first kappa shape index (κ1) is 13.9. The van der Waals surface area contributed by atoms with E-state index >= 15 is 0 Å². The molecule has 0 amide bonds. The van der Waals surface area contributed by atoms with Crippen molar-refractivity contribution in [1.82, 2.24) is 5.32 Å². The van der Waals surface area contributed by atoms with Crippen molar-refractivity contribution in [2.24, 2.45) is 5.41 Å². The van der Waals surface area contributed by atoms with Crippen LogP contribution in [0.3, 0.4) is 0 Å². The van der Waals surface area contributed by atoms with E-state index in [0.29, 0.717) is 17.5 Å². The van der Waals surface area contributed by atoms with Gasteiger partial charge in [0, 0.05) is 24.3 Å². The van der Waals surface area contributed by atoms with Gasteiger partial charge in [-0.3, -0.25) is 0 Å². The minimum absolute atomic E-state index is 0.404. The Kier molecular flexibility index (Phi) is 3.53. The molecule has 1 heterocycles. The molecule has 0 radical (unpaired) electrons. The number of rotatable bonds is 2. The largest absolute Gasteiger partial charge is 0.367 e. The molecule has 1 aromatic rings. The lowest BCUT2D eigenvalue weighted by molar-refractivity contribution is 0.280. The fourth-order valence-corrected chi connectivity index (χ4v) is 4.38. The number of hydrogen-bond donors (Lipinski definition) is 1. The van der Waals surface area contributed by atoms with Crippen LogP contribution >= 0.6 is 0 Å². The zero-order chi connectivity index (χ0) is 14.3. The Morgan fingerprint density at radius 3 is 2.85 bits per heavy atom. The molecular formula is C18H28N2. The quantitative estimate of drug-likeness (QED) is 0.886. The van der Waals surface area contributed by atoms with Gasteiger partial charge in [-0.2, -0.15) is 0 Å². The number of nitrogens with zero attached hydrogens (tertiary/aromatic N) is 1. The highest BCUT2D eigenvalue weighted by molar-refractivity contribution is 5.58. The molecule has 1 aliphatic carbocycles. The number of nitrogens with one attached hydrogen (secondary N) is 1. The summed E-state index contributed by atoms with van der Waals surface area (Å²) >= 11 is 0. The smallest absolute Gasteiger partial charge is 0.0448 e. The summed E-state index contributed by atoms with van der Waals surface area (Å²) in [5.74, 6) is 0. The summed E-state index contributed by atoms with van der Waals surface area (Å²) < 4.78 is 0. The van der Waals surface area contributed by atoms with Crippen molar-refractivity contribution in [3.8, 4) is 0 Å². The van der Waals surface area contributed by atoms with E-state index in [1.165, 1.54) is 43.5 Å². The summed E-state index contributed by atoms with van der Waals surface area (Å²) in [6.45, 7) is 8.24. The number of likely N-dealkylation sites (N-methyl/N-ethyl adjacent to an activating group) is 1. The molecule has 0 spiro atoms. The predicted octanol–water partition coefficient (Wildman–Crippen LogP) is 3.52. The third-order valence-corrected chi connectivity index (χ3v) is 5.41. The van der Waals surface area contributed by atoms with Crippen LogP contribution in [0, 0.1) is 12.3 Å². The third kappa shape index (κ3) is 2.24. The maximum absolute atomic E-state index is 3.60. The van der Waals surface area contributed by atoms with Gasteiger partial charge in [0.05, 0.1) is 0 Å². The molecule has 2 aliphatic rings. The van der Waals surface area contributed by atoms with Gasteiger partial charge < -0.3 is 10.2 Å². The van der Waals surface area contributed by atoms with Gasteiger partial charge in [0.25, 0.3) is 0 Å². The molecule has 0 bridgehead atoms. The minimum Gasteiger partial charge on any atom is -0.367 e. The molecule has 1 N–H and O–H groups in total. The molecule has 110 valence electrons. The molecule has 1 fully saturated rings. The highest BCUT2D eigenvalue weighted by atomic mass is 15.2. The van der Waals surface area contributed by atoms with Crippen molar-refractivity contribution >= 4 is 5.69 Å². The second-order valence-corrected chi connectivity index (χ2v) is 7.29. The SMILES string of the molecule is CNC1C(N2CCCc3cc(C)ccc32)CCC1(C)C. The van der Waals surface area contributed by atoms with Gasteiger partial charge in [-0.05, 0) is 56.7 Å². The molecule has 1 saturated carbocycles. The van der Waals surface area contributed by atoms with E-state index in [-0.39, 0.29) is 0 Å². The molecule has 1 aromatic carbocycles. The maximum atomic E-state index is 3.60. The summed E-state index contributed by atoms with van der Waals surface area (Å²) in [7, 11) is 2.13. The van der Waals surface area contributed by atoms with Crippen molar-refractivity contribution in [3.63, 3.8) is 0 Å². The topological polar surface area (TPSA) is 15.3 Å². The van der Waals surface area contributed by atoms with Crippen molar-refractivity contribution in [1.29, 1.82) is 0 Å². The van der Waals surface area contributed by atoms with Gasteiger partial charge in [0.15, 0.2) is 0 Å². The molecular weight excluding hydrogens is 244 g/mol. The second kappa shape index (κ2) is 5.07. The van der Waals surface area contributed by atoms with Gasteiger partial charge in [-0.25, -0.2) is 0 Å². The van der Waals surface area contributed by atoms with E-state index < -0.39 is 0 Å². The van der Waals surface area contributed by atoms with Crippen LogP contribution in [0.5, 0.6) is 0 Å². The van der Waals surface area contributed by atoms with Crippen LogP contribution in [-0.2, 0) is 6.42 Å². The molecule has 20 heavy (non-hydrogen) atoms. The first-order valence-corrected chi connectivity index (χ1v) is 8.06. The highest BCUT2D eigenvalue weighted by Gasteiger charge is 2.44. The number of fused-ring (bicyclic) bond motifs is 1. The zero-order valence-corrected chi connectivity index (χ0v) is 13.4. The van der Waals surface area contributed by atoms with E-state index in [9.17, 15) is 0 Å². The Hall–Kier alpha value is -1.02. The van der Waals surface area contributed by atoms with Crippen molar-refractivity contribution in [3.05, 3.63) is 29.3 Å². The van der Waals surface area contributed by atoms with Crippen molar-refractivity contribution in [2.45, 2.75) is 58.5 Å². The monoisotopic (exact) mass is 272 g/mol. The fraction of sp³-hybridized carbons (Fsp3) is 0.667. The lowest BCUT2D eigenvalue weighted by Gasteiger charge is -2.41. The van der Waals surface area contributed by atoms with Gasteiger partial charge in [0.1, 0.15) is 0 Å². The van der Waals surface area contributed by atoms with E-state index in [2.05, 4.69) is 56.2 Å². The number of anilines is 1. The normalized spacial score (nSPS) is 28.5. The van der Waals surface area contributed by atoms with Crippen LogP contribution in [0.1, 0.15) is 44.2 Å². The summed E-state index contributed by atoms with van der Waals surface area (Å²) in [6, 6.07) is 8.25. The van der Waals surface area contributed by atoms with Crippen molar-refractivity contribution < 1.29 is 0 Å². The third-order valence-electron chi connectivity index (χ3n) is 5.41. The summed E-state index contributed by atoms with van der Waals surface area (Å²) in [5.41, 5.74) is 4.84. The summed E-state index contributed by atoms with van der Waals surface area (Å²) in [4.78, 5) is 2.69. The van der Waals surface area contributed by atoms with Crippen LogP contribution in [0.2, 0.25) is 0 Å². The van der Waals surface area contributed by atoms with Crippen LogP contribution in [-0.4, -0.2) is 25.7 Å². The molecule has 2 atom stereocenters. The number of aryl methyl sites for hydroxylation is 2. The van der Waals surface area contributed by atoms with Gasteiger partial charge in [-0.1, -0.05) is 31.5 Å². The molecule has 1 aliphatic heterocycles. The highest BCUT2D eigenvalue weighted by Crippen LogP contribution is 2.42. The maximum Gasteiger partial charge on any atom is 0.0448 e. The van der Waals surface area contributed by atoms with E-state index in [1.807, 2.05) is 0 Å². The molecule has 2 nitrogen and oxygen atoms in total. The van der Waals surface area contributed by atoms with Crippen LogP contribution in [0.4, 0.5) is 5.69 Å². The van der Waals surface area contributed by atoms with Crippen molar-refractivity contribution in [2.75, 3.05) is 18.5 Å². The van der Waals surface area contributed by atoms with Gasteiger partial charge in [0.2, 0.25) is 0 Å². The fourth-order valence-electron chi connectivity index (χ4n) is 4.38. The lowest BCUT2D eigenvalue weighted by Crippen LogP contribution is -2.52.